The summed E-state index contributed by atoms with van der Waals surface area (Å²) in [5.74, 6) is -2.38. The highest BCUT2D eigenvalue weighted by Crippen LogP contribution is 2.16. The zero-order chi connectivity index (χ0) is 24.2. The van der Waals surface area contributed by atoms with Crippen LogP contribution in [-0.2, 0) is 75.6 Å². The second kappa shape index (κ2) is 10.4. The fraction of sp³-hybridized carbons (Fsp3) is 0.909. The molecule has 2 atom stereocenters. The average Bonchev–Trinajstić information content (AvgIpc) is 3.18. The van der Waals surface area contributed by atoms with Crippen LogP contribution in [0.5, 0.6) is 0 Å². The molecule has 17 nitrogen and oxygen atoms in total. The number of hydrogen-bond acceptors (Lipinski definition) is 17. The van der Waals surface area contributed by atoms with E-state index in [0.717, 1.165) is 7.11 Å². The van der Waals surface area contributed by atoms with Crippen molar-refractivity contribution in [3.8, 4) is 0 Å². The lowest BCUT2D eigenvalue weighted by atomic mass is 10.4. The zero-order valence-electron chi connectivity index (χ0n) is 16.0. The lowest BCUT2D eigenvalue weighted by molar-refractivity contribution is 0.0495. The highest BCUT2D eigenvalue weighted by Gasteiger charge is 2.35. The van der Waals surface area contributed by atoms with Gasteiger partial charge < -0.3 is 9.47 Å². The fourth-order valence-corrected chi connectivity index (χ4v) is 6.10. The van der Waals surface area contributed by atoms with Crippen molar-refractivity contribution in [3.63, 3.8) is 0 Å². The van der Waals surface area contributed by atoms with Crippen LogP contribution in [0, 0.1) is 0 Å². The fourth-order valence-electron chi connectivity index (χ4n) is 2.13. The largest absolute Gasteiger partial charge is 0.508 e. The molecule has 0 aliphatic carbocycles. The first-order chi connectivity index (χ1) is 14.6. The van der Waals surface area contributed by atoms with Crippen LogP contribution in [0.4, 0.5) is 4.79 Å². The lowest BCUT2D eigenvalue weighted by Gasteiger charge is -2.17. The molecule has 2 heterocycles. The predicted octanol–water partition coefficient (Wildman–Crippen LogP) is -2.85. The molecule has 0 amide bonds. The summed E-state index contributed by atoms with van der Waals surface area (Å²) in [5.41, 5.74) is 0. The van der Waals surface area contributed by atoms with Gasteiger partial charge in [0.15, 0.2) is 0 Å². The monoisotopic (exact) mass is 550 g/mol. The van der Waals surface area contributed by atoms with Gasteiger partial charge in [0.2, 0.25) is 0 Å². The molecular weight excluding hydrogens is 532 g/mol. The maximum absolute atomic E-state index is 12.1. The SMILES string of the molecule is COC(=O)OC(CS(=O)(=O)OCC1COS(=O)(=O)O1)CS(=O)(=O)OCC1COS(=O)(=O)O1. The Morgan fingerprint density at radius 3 is 1.59 bits per heavy atom. The summed E-state index contributed by atoms with van der Waals surface area (Å²) >= 11 is 0. The van der Waals surface area contributed by atoms with E-state index in [0.29, 0.717) is 0 Å². The van der Waals surface area contributed by atoms with E-state index in [1.807, 2.05) is 0 Å². The molecule has 2 aliphatic rings. The third kappa shape index (κ3) is 9.36. The minimum Gasteiger partial charge on any atom is -0.438 e. The molecule has 0 aromatic carbocycles. The summed E-state index contributed by atoms with van der Waals surface area (Å²) in [4.78, 5) is 11.3. The van der Waals surface area contributed by atoms with Gasteiger partial charge in [-0.25, -0.2) is 21.5 Å². The van der Waals surface area contributed by atoms with Gasteiger partial charge in [0.1, 0.15) is 29.8 Å². The van der Waals surface area contributed by atoms with Crippen molar-refractivity contribution < 1.29 is 73.0 Å². The van der Waals surface area contributed by atoms with Crippen LogP contribution < -0.4 is 0 Å². The van der Waals surface area contributed by atoms with E-state index in [4.69, 9.17) is 0 Å². The highest BCUT2D eigenvalue weighted by atomic mass is 32.3. The third-order valence-electron chi connectivity index (χ3n) is 3.38. The number of rotatable bonds is 11. The molecular formula is C11H18O17S4. The first kappa shape index (κ1) is 27.1. The highest BCUT2D eigenvalue weighted by molar-refractivity contribution is 7.87. The minimum atomic E-state index is -4.58. The quantitative estimate of drug-likeness (QED) is 0.186. The molecule has 2 saturated heterocycles. The maximum Gasteiger partial charge on any atom is 0.508 e. The van der Waals surface area contributed by atoms with Crippen molar-refractivity contribution >= 4 is 47.2 Å². The van der Waals surface area contributed by atoms with E-state index >= 15 is 0 Å². The van der Waals surface area contributed by atoms with Gasteiger partial charge in [-0.3, -0.25) is 8.37 Å². The summed E-state index contributed by atoms with van der Waals surface area (Å²) in [6.07, 6.45) is -5.84. The van der Waals surface area contributed by atoms with E-state index in [1.54, 1.807) is 0 Å². The first-order valence-electron chi connectivity index (χ1n) is 8.24. The summed E-state index contributed by atoms with van der Waals surface area (Å²) < 4.78 is 128. The Morgan fingerprint density at radius 2 is 1.28 bits per heavy atom. The maximum atomic E-state index is 12.1. The molecule has 21 heteroatoms. The molecule has 0 aromatic rings. The zero-order valence-corrected chi connectivity index (χ0v) is 19.3. The van der Waals surface area contributed by atoms with Crippen molar-refractivity contribution in [1.29, 1.82) is 0 Å². The Balaban J connectivity index is 1.96. The van der Waals surface area contributed by atoms with Crippen molar-refractivity contribution in [2.24, 2.45) is 0 Å². The van der Waals surface area contributed by atoms with Crippen LogP contribution in [-0.4, -0.2) is 103 Å². The number of ether oxygens (including phenoxy) is 2. The Kier molecular flexibility index (Phi) is 8.80. The summed E-state index contributed by atoms with van der Waals surface area (Å²) in [6.45, 7) is -2.60. The van der Waals surface area contributed by atoms with Gasteiger partial charge in [0.05, 0.1) is 33.5 Å². The van der Waals surface area contributed by atoms with Crippen molar-refractivity contribution in [1.82, 2.24) is 0 Å². The van der Waals surface area contributed by atoms with Crippen LogP contribution in [0.2, 0.25) is 0 Å². The molecule has 2 rings (SSSR count). The van der Waals surface area contributed by atoms with Crippen LogP contribution >= 0.6 is 0 Å². The van der Waals surface area contributed by atoms with E-state index in [1.165, 1.54) is 0 Å². The number of carbonyl (C=O) groups excluding carboxylic acids is 1. The normalized spacial score (nSPS) is 25.9. The molecule has 2 aliphatic heterocycles. The van der Waals surface area contributed by atoms with Gasteiger partial charge in [-0.15, -0.1) is 0 Å². The van der Waals surface area contributed by atoms with Gasteiger partial charge in [0.25, 0.3) is 20.2 Å². The van der Waals surface area contributed by atoms with Crippen molar-refractivity contribution in [2.45, 2.75) is 18.3 Å². The van der Waals surface area contributed by atoms with E-state index in [2.05, 4.69) is 34.6 Å². The summed E-state index contributed by atoms with van der Waals surface area (Å²) in [6, 6.07) is 0. The molecule has 0 spiro atoms. The molecule has 2 fully saturated rings. The summed E-state index contributed by atoms with van der Waals surface area (Å²) in [5, 5.41) is 0. The van der Waals surface area contributed by atoms with Gasteiger partial charge in [-0.2, -0.15) is 33.7 Å². The minimum absolute atomic E-state index is 0.509. The predicted molar refractivity (Wildman–Crippen MR) is 96.2 cm³/mol. The standard InChI is InChI=1S/C11H18O17S4/c1-21-11(12)26-10(6-29(13,14)22-2-8-4-24-31(17,18)27-8)7-30(15,16)23-3-9-5-25-32(19,20)28-9/h8-10H,2-7H2,1H3. The molecule has 2 unspecified atom stereocenters. The molecule has 0 bridgehead atoms. The average molecular weight is 551 g/mol. The van der Waals surface area contributed by atoms with Crippen molar-refractivity contribution in [2.75, 3.05) is 45.0 Å². The molecule has 188 valence electrons. The van der Waals surface area contributed by atoms with Gasteiger partial charge >= 0.3 is 27.0 Å². The van der Waals surface area contributed by atoms with Crippen LogP contribution in [0.25, 0.3) is 0 Å². The molecule has 0 radical (unpaired) electrons. The van der Waals surface area contributed by atoms with Crippen LogP contribution in [0.3, 0.4) is 0 Å². The summed E-state index contributed by atoms with van der Waals surface area (Å²) in [7, 11) is -16.8. The van der Waals surface area contributed by atoms with E-state index in [9.17, 15) is 38.5 Å². The van der Waals surface area contributed by atoms with Crippen LogP contribution in [0.1, 0.15) is 0 Å². The second-order valence-electron chi connectivity index (χ2n) is 6.03. The topological polar surface area (TPSA) is 227 Å². The van der Waals surface area contributed by atoms with Gasteiger partial charge in [-0.1, -0.05) is 0 Å². The third-order valence-corrected chi connectivity index (χ3v) is 7.80. The molecule has 0 aromatic heterocycles. The van der Waals surface area contributed by atoms with Crippen LogP contribution in [0.15, 0.2) is 0 Å². The Hall–Kier alpha value is -1.17. The molecule has 0 saturated carbocycles. The smallest absolute Gasteiger partial charge is 0.438 e. The lowest BCUT2D eigenvalue weighted by Crippen LogP contribution is -2.36. The Labute approximate surface area is 183 Å². The number of carbonyl (C=O) groups is 1. The first-order valence-corrected chi connectivity index (χ1v) is 14.1. The Bertz CT molecular complexity index is 1010. The van der Waals surface area contributed by atoms with Gasteiger partial charge in [-0.05, 0) is 0 Å². The van der Waals surface area contributed by atoms with Crippen molar-refractivity contribution in [3.05, 3.63) is 0 Å². The Morgan fingerprint density at radius 1 is 0.875 bits per heavy atom. The van der Waals surface area contributed by atoms with E-state index in [-0.39, 0.29) is 0 Å². The van der Waals surface area contributed by atoms with E-state index < -0.39 is 103 Å². The number of hydrogen-bond donors (Lipinski definition) is 0. The second-order valence-corrected chi connectivity index (χ2v) is 11.9. The number of methoxy groups -OCH3 is 1. The molecule has 32 heavy (non-hydrogen) atoms. The molecule has 0 N–H and O–H groups in total. The van der Waals surface area contributed by atoms with Gasteiger partial charge in [0, 0.05) is 0 Å².